The van der Waals surface area contributed by atoms with E-state index in [1.54, 1.807) is 11.0 Å². The number of hydrogen-bond acceptors (Lipinski definition) is 3. The molecule has 0 radical (unpaired) electrons. The monoisotopic (exact) mass is 395 g/mol. The van der Waals surface area contributed by atoms with Crippen LogP contribution >= 0.6 is 11.6 Å². The Bertz CT molecular complexity index is 920. The number of nitrogens with zero attached hydrogens (tertiary/aromatic N) is 2. The molecule has 1 aliphatic heterocycles. The van der Waals surface area contributed by atoms with Crippen LogP contribution in [-0.4, -0.2) is 34.6 Å². The summed E-state index contributed by atoms with van der Waals surface area (Å²) in [6, 6.07) is 16.9. The van der Waals surface area contributed by atoms with E-state index < -0.39 is 5.66 Å². The molecule has 28 heavy (non-hydrogen) atoms. The van der Waals surface area contributed by atoms with Crippen molar-refractivity contribution in [1.29, 1.82) is 0 Å². The molecule has 2 amide bonds. The molecule has 1 spiro atoms. The van der Waals surface area contributed by atoms with Crippen LogP contribution in [-0.2, 0) is 16.1 Å². The summed E-state index contributed by atoms with van der Waals surface area (Å²) in [5.74, 6) is -0.370. The summed E-state index contributed by atoms with van der Waals surface area (Å²) in [7, 11) is 0. The van der Waals surface area contributed by atoms with Gasteiger partial charge in [-0.25, -0.2) is 0 Å². The number of benzene rings is 2. The molecule has 1 saturated carbocycles. The van der Waals surface area contributed by atoms with Gasteiger partial charge < -0.3 is 10.2 Å². The number of carbonyl (C=O) groups is 2. The Kier molecular flexibility index (Phi) is 5.18. The van der Waals surface area contributed by atoms with E-state index in [9.17, 15) is 9.59 Å². The Labute approximate surface area is 169 Å². The van der Waals surface area contributed by atoms with Crippen molar-refractivity contribution in [2.24, 2.45) is 4.99 Å². The van der Waals surface area contributed by atoms with Gasteiger partial charge in [0.15, 0.2) is 0 Å². The van der Waals surface area contributed by atoms with E-state index in [4.69, 9.17) is 16.6 Å². The molecule has 5 nitrogen and oxygen atoms in total. The first kappa shape index (κ1) is 18.7. The van der Waals surface area contributed by atoms with Gasteiger partial charge in [0.05, 0.1) is 0 Å². The molecule has 2 aromatic rings. The first-order chi connectivity index (χ1) is 13.6. The molecule has 1 aliphatic carbocycles. The van der Waals surface area contributed by atoms with Crippen LogP contribution in [0.4, 0.5) is 0 Å². The molecule has 144 valence electrons. The number of rotatable bonds is 5. The maximum Gasteiger partial charge on any atom is 0.275 e. The lowest BCUT2D eigenvalue weighted by Gasteiger charge is -2.32. The minimum absolute atomic E-state index is 0.00309. The largest absolute Gasteiger partial charge is 0.350 e. The van der Waals surface area contributed by atoms with Crippen molar-refractivity contribution in [3.05, 3.63) is 70.7 Å². The predicted octanol–water partition coefficient (Wildman–Crippen LogP) is 3.56. The second-order valence-corrected chi connectivity index (χ2v) is 7.68. The van der Waals surface area contributed by atoms with Gasteiger partial charge in [-0.2, -0.15) is 0 Å². The van der Waals surface area contributed by atoms with Gasteiger partial charge in [0.25, 0.3) is 5.91 Å². The van der Waals surface area contributed by atoms with Crippen molar-refractivity contribution < 1.29 is 9.59 Å². The van der Waals surface area contributed by atoms with Crippen molar-refractivity contribution in [2.45, 2.75) is 37.9 Å². The third kappa shape index (κ3) is 3.54. The van der Waals surface area contributed by atoms with Crippen LogP contribution in [0.5, 0.6) is 0 Å². The summed E-state index contributed by atoms with van der Waals surface area (Å²) in [4.78, 5) is 32.2. The number of amides is 2. The smallest absolute Gasteiger partial charge is 0.275 e. The summed E-state index contributed by atoms with van der Waals surface area (Å²) in [6.07, 6.45) is 3.62. The number of nitrogens with one attached hydrogen (secondary N) is 1. The summed E-state index contributed by atoms with van der Waals surface area (Å²) >= 11 is 6.15. The van der Waals surface area contributed by atoms with E-state index in [0.29, 0.717) is 17.3 Å². The van der Waals surface area contributed by atoms with Gasteiger partial charge in [-0.1, -0.05) is 60.1 Å². The summed E-state index contributed by atoms with van der Waals surface area (Å²) in [5, 5.41) is 3.49. The van der Waals surface area contributed by atoms with E-state index in [1.165, 1.54) is 0 Å². The number of carbonyl (C=O) groups excluding carboxylic acids is 2. The number of aliphatic imine (C=N–C) groups is 1. The third-order valence-electron chi connectivity index (χ3n) is 5.46. The molecule has 1 N–H and O–H groups in total. The van der Waals surface area contributed by atoms with Crippen LogP contribution < -0.4 is 5.32 Å². The molecular weight excluding hydrogens is 374 g/mol. The highest BCUT2D eigenvalue weighted by Crippen LogP contribution is 2.40. The van der Waals surface area contributed by atoms with Gasteiger partial charge >= 0.3 is 0 Å². The van der Waals surface area contributed by atoms with E-state index in [2.05, 4.69) is 5.32 Å². The minimum Gasteiger partial charge on any atom is -0.350 e. The average molecular weight is 396 g/mol. The van der Waals surface area contributed by atoms with Crippen LogP contribution in [0.15, 0.2) is 59.6 Å². The van der Waals surface area contributed by atoms with Gasteiger partial charge in [0.1, 0.15) is 17.9 Å². The fraction of sp³-hybridized carbons (Fsp3) is 0.318. The van der Waals surface area contributed by atoms with E-state index in [0.717, 1.165) is 36.8 Å². The quantitative estimate of drug-likeness (QED) is 0.841. The van der Waals surface area contributed by atoms with E-state index in [-0.39, 0.29) is 18.4 Å². The normalized spacial score (nSPS) is 17.8. The molecule has 2 aromatic carbocycles. The highest BCUT2D eigenvalue weighted by Gasteiger charge is 2.49. The second kappa shape index (κ2) is 7.76. The highest BCUT2D eigenvalue weighted by atomic mass is 35.5. The molecule has 1 heterocycles. The Morgan fingerprint density at radius 3 is 2.46 bits per heavy atom. The maximum atomic E-state index is 13.1. The van der Waals surface area contributed by atoms with Gasteiger partial charge in [-0.3, -0.25) is 14.6 Å². The Morgan fingerprint density at radius 1 is 1.07 bits per heavy atom. The summed E-state index contributed by atoms with van der Waals surface area (Å²) in [6.45, 7) is 0.336. The molecule has 0 saturated heterocycles. The van der Waals surface area contributed by atoms with Crippen LogP contribution in [0.3, 0.4) is 0 Å². The lowest BCUT2D eigenvalue weighted by Crippen LogP contribution is -2.49. The van der Waals surface area contributed by atoms with Crippen LogP contribution in [0.2, 0.25) is 5.02 Å². The second-order valence-electron chi connectivity index (χ2n) is 7.28. The van der Waals surface area contributed by atoms with Crippen molar-refractivity contribution in [3.63, 3.8) is 0 Å². The zero-order valence-electron chi connectivity index (χ0n) is 15.5. The lowest BCUT2D eigenvalue weighted by molar-refractivity contribution is -0.134. The van der Waals surface area contributed by atoms with Crippen molar-refractivity contribution in [3.8, 4) is 0 Å². The molecule has 2 aliphatic rings. The van der Waals surface area contributed by atoms with Crippen molar-refractivity contribution in [1.82, 2.24) is 10.2 Å². The maximum absolute atomic E-state index is 13.1. The van der Waals surface area contributed by atoms with Gasteiger partial charge in [0.2, 0.25) is 5.91 Å². The molecule has 0 aromatic heterocycles. The standard InChI is InChI=1S/C22H22ClN3O2/c23-18-11-5-4-10-17(18)14-24-19(27)15-26-21(28)20(16-8-2-1-3-9-16)25-22(26)12-6-7-13-22/h1-5,8-11H,6-7,12-15H2,(H,24,27). The van der Waals surface area contributed by atoms with Crippen molar-refractivity contribution >= 4 is 29.1 Å². The van der Waals surface area contributed by atoms with E-state index >= 15 is 0 Å². The topological polar surface area (TPSA) is 61.8 Å². The fourth-order valence-corrected chi connectivity index (χ4v) is 4.20. The minimum atomic E-state index is -0.579. The Morgan fingerprint density at radius 2 is 1.75 bits per heavy atom. The Hall–Kier alpha value is -2.66. The summed E-state index contributed by atoms with van der Waals surface area (Å²) < 4.78 is 0. The van der Waals surface area contributed by atoms with Crippen LogP contribution in [0, 0.1) is 0 Å². The molecule has 6 heteroatoms. The molecule has 4 rings (SSSR count). The van der Waals surface area contributed by atoms with Gasteiger partial charge in [-0.05, 0) is 37.3 Å². The van der Waals surface area contributed by atoms with Gasteiger partial charge in [0, 0.05) is 17.1 Å². The van der Waals surface area contributed by atoms with Crippen LogP contribution in [0.1, 0.15) is 36.8 Å². The molecule has 0 atom stereocenters. The first-order valence-electron chi connectivity index (χ1n) is 9.56. The van der Waals surface area contributed by atoms with Crippen LogP contribution in [0.25, 0.3) is 0 Å². The summed E-state index contributed by atoms with van der Waals surface area (Å²) in [5.41, 5.74) is 1.53. The third-order valence-corrected chi connectivity index (χ3v) is 5.83. The SMILES string of the molecule is O=C(CN1C(=O)C(c2ccccc2)=NC12CCCC2)NCc1ccccc1Cl. The average Bonchev–Trinajstić information content (AvgIpc) is 3.29. The zero-order valence-corrected chi connectivity index (χ0v) is 16.3. The number of halogens is 1. The molecule has 0 bridgehead atoms. The zero-order chi connectivity index (χ0) is 19.6. The molecule has 0 unspecified atom stereocenters. The highest BCUT2D eigenvalue weighted by molar-refractivity contribution is 6.47. The number of hydrogen-bond donors (Lipinski definition) is 1. The Balaban J connectivity index is 1.50. The van der Waals surface area contributed by atoms with Gasteiger partial charge in [-0.15, -0.1) is 0 Å². The lowest BCUT2D eigenvalue weighted by atomic mass is 10.1. The molecular formula is C22H22ClN3O2. The first-order valence-corrected chi connectivity index (χ1v) is 9.94. The van der Waals surface area contributed by atoms with Crippen molar-refractivity contribution in [2.75, 3.05) is 6.54 Å². The van der Waals surface area contributed by atoms with E-state index in [1.807, 2.05) is 48.5 Å². The predicted molar refractivity (Wildman–Crippen MR) is 109 cm³/mol. The fourth-order valence-electron chi connectivity index (χ4n) is 3.99. The molecule has 1 fully saturated rings.